The second-order valence-corrected chi connectivity index (χ2v) is 6.79. The van der Waals surface area contributed by atoms with E-state index in [0.717, 1.165) is 25.8 Å². The molecule has 3 rings (SSSR count). The quantitative estimate of drug-likeness (QED) is 0.830. The fourth-order valence-corrected chi connectivity index (χ4v) is 3.61. The van der Waals surface area contributed by atoms with Crippen LogP contribution in [0.4, 0.5) is 10.1 Å². The third kappa shape index (κ3) is 3.20. The van der Waals surface area contributed by atoms with Gasteiger partial charge in [-0.3, -0.25) is 9.59 Å². The molecule has 1 aromatic rings. The number of carbonyl (C=O) groups excluding carboxylic acids is 2. The normalized spacial score (nSPS) is 25.1. The zero-order chi connectivity index (χ0) is 16.6. The van der Waals surface area contributed by atoms with Gasteiger partial charge in [-0.15, -0.1) is 0 Å². The number of anilines is 1. The molecule has 2 saturated heterocycles. The monoisotopic (exact) mass is 338 g/mol. The summed E-state index contributed by atoms with van der Waals surface area (Å²) in [6, 6.07) is 4.44. The Kier molecular flexibility index (Phi) is 4.57. The lowest BCUT2D eigenvalue weighted by Crippen LogP contribution is -2.45. The van der Waals surface area contributed by atoms with Gasteiger partial charge in [0.25, 0.3) is 0 Å². The van der Waals surface area contributed by atoms with Crippen LogP contribution in [-0.2, 0) is 9.59 Å². The van der Waals surface area contributed by atoms with Crippen molar-refractivity contribution in [3.8, 4) is 0 Å². The highest BCUT2D eigenvalue weighted by Crippen LogP contribution is 2.30. The number of amides is 2. The summed E-state index contributed by atoms with van der Waals surface area (Å²) in [5.41, 5.74) is 0.545. The first-order valence-electron chi connectivity index (χ1n) is 8.03. The number of nitrogens with zero attached hydrogens (tertiary/aromatic N) is 2. The van der Waals surface area contributed by atoms with E-state index >= 15 is 0 Å². The number of hydrogen-bond acceptors (Lipinski definition) is 2. The minimum Gasteiger partial charge on any atom is -0.340 e. The lowest BCUT2D eigenvalue weighted by atomic mass is 9.99. The van der Waals surface area contributed by atoms with E-state index in [1.165, 1.54) is 23.1 Å². The van der Waals surface area contributed by atoms with Gasteiger partial charge >= 0.3 is 0 Å². The molecule has 0 saturated carbocycles. The molecule has 0 aliphatic carbocycles. The van der Waals surface area contributed by atoms with Gasteiger partial charge in [0.15, 0.2) is 0 Å². The molecule has 2 fully saturated rings. The van der Waals surface area contributed by atoms with Crippen LogP contribution in [-0.4, -0.2) is 35.8 Å². The Morgan fingerprint density at radius 2 is 2.13 bits per heavy atom. The fourth-order valence-electron chi connectivity index (χ4n) is 3.44. The first-order valence-corrected chi connectivity index (χ1v) is 8.41. The Morgan fingerprint density at radius 3 is 2.83 bits per heavy atom. The van der Waals surface area contributed by atoms with Crippen molar-refractivity contribution in [1.29, 1.82) is 0 Å². The maximum Gasteiger partial charge on any atom is 0.228 e. The third-order valence-electron chi connectivity index (χ3n) is 4.78. The van der Waals surface area contributed by atoms with Crippen LogP contribution in [0.3, 0.4) is 0 Å². The van der Waals surface area contributed by atoms with Gasteiger partial charge in [0.05, 0.1) is 10.9 Å². The lowest BCUT2D eigenvalue weighted by Gasteiger charge is -2.35. The molecule has 2 atom stereocenters. The molecule has 2 aliphatic rings. The van der Waals surface area contributed by atoms with Crippen LogP contribution in [0.5, 0.6) is 0 Å². The van der Waals surface area contributed by atoms with Crippen molar-refractivity contribution >= 4 is 29.1 Å². The molecular weight excluding hydrogens is 319 g/mol. The highest BCUT2D eigenvalue weighted by atomic mass is 35.5. The standard InChI is InChI=1S/C17H20ClFN2O2/c1-11-4-2-3-7-20(11)17(23)12-8-16(22)21(10-12)13-5-6-15(19)14(18)9-13/h5-6,9,11-12H,2-4,7-8,10H2,1H3. The largest absolute Gasteiger partial charge is 0.340 e. The Balaban J connectivity index is 1.74. The van der Waals surface area contributed by atoms with Crippen LogP contribution in [0.1, 0.15) is 32.6 Å². The van der Waals surface area contributed by atoms with Gasteiger partial charge in [-0.1, -0.05) is 11.6 Å². The molecule has 2 aliphatic heterocycles. The van der Waals surface area contributed by atoms with E-state index in [-0.39, 0.29) is 35.2 Å². The van der Waals surface area contributed by atoms with E-state index in [0.29, 0.717) is 12.2 Å². The second-order valence-electron chi connectivity index (χ2n) is 6.38. The van der Waals surface area contributed by atoms with Gasteiger partial charge in [0.2, 0.25) is 11.8 Å². The summed E-state index contributed by atoms with van der Waals surface area (Å²) in [4.78, 5) is 28.4. The number of piperidine rings is 1. The van der Waals surface area contributed by atoms with E-state index in [1.807, 2.05) is 4.90 Å². The highest BCUT2D eigenvalue weighted by Gasteiger charge is 2.38. The van der Waals surface area contributed by atoms with Crippen LogP contribution in [0.15, 0.2) is 18.2 Å². The molecule has 2 unspecified atom stereocenters. The molecule has 0 spiro atoms. The summed E-state index contributed by atoms with van der Waals surface area (Å²) in [6.07, 6.45) is 3.39. The second kappa shape index (κ2) is 6.48. The SMILES string of the molecule is CC1CCCCN1C(=O)C1CC(=O)N(c2ccc(F)c(Cl)c2)C1. The molecule has 1 aromatic carbocycles. The minimum absolute atomic E-state index is 0.0188. The summed E-state index contributed by atoms with van der Waals surface area (Å²) in [7, 11) is 0. The molecule has 23 heavy (non-hydrogen) atoms. The highest BCUT2D eigenvalue weighted by molar-refractivity contribution is 6.31. The molecule has 2 amide bonds. The Hall–Kier alpha value is -1.62. The molecule has 4 nitrogen and oxygen atoms in total. The van der Waals surface area contributed by atoms with Gasteiger partial charge in [0.1, 0.15) is 5.82 Å². The summed E-state index contributed by atoms with van der Waals surface area (Å²) in [5, 5.41) is -0.0188. The van der Waals surface area contributed by atoms with E-state index in [4.69, 9.17) is 11.6 Å². The average molecular weight is 339 g/mol. The number of hydrogen-bond donors (Lipinski definition) is 0. The maximum absolute atomic E-state index is 13.3. The molecule has 0 bridgehead atoms. The van der Waals surface area contributed by atoms with E-state index in [2.05, 4.69) is 6.92 Å². The molecule has 0 aromatic heterocycles. The van der Waals surface area contributed by atoms with E-state index < -0.39 is 5.82 Å². The van der Waals surface area contributed by atoms with Gasteiger partial charge in [0, 0.05) is 31.2 Å². The van der Waals surface area contributed by atoms with Crippen LogP contribution < -0.4 is 4.90 Å². The van der Waals surface area contributed by atoms with Crippen molar-refractivity contribution in [3.05, 3.63) is 29.0 Å². The Bertz CT molecular complexity index is 637. The van der Waals surface area contributed by atoms with E-state index in [9.17, 15) is 14.0 Å². The number of carbonyl (C=O) groups is 2. The van der Waals surface area contributed by atoms with Crippen LogP contribution in [0, 0.1) is 11.7 Å². The van der Waals surface area contributed by atoms with Crippen molar-refractivity contribution in [3.63, 3.8) is 0 Å². The van der Waals surface area contributed by atoms with Crippen LogP contribution in [0.25, 0.3) is 0 Å². The van der Waals surface area contributed by atoms with Crippen LogP contribution >= 0.6 is 11.6 Å². The number of halogens is 2. The van der Waals surface area contributed by atoms with Gasteiger partial charge < -0.3 is 9.80 Å². The Morgan fingerprint density at radius 1 is 1.35 bits per heavy atom. The van der Waals surface area contributed by atoms with Crippen molar-refractivity contribution in [2.75, 3.05) is 18.0 Å². The lowest BCUT2D eigenvalue weighted by molar-refractivity contribution is -0.139. The molecule has 0 N–H and O–H groups in total. The van der Waals surface area contributed by atoms with E-state index in [1.54, 1.807) is 0 Å². The predicted octanol–water partition coefficient (Wildman–Crippen LogP) is 3.23. The van der Waals surface area contributed by atoms with Gasteiger partial charge in [-0.25, -0.2) is 4.39 Å². The van der Waals surface area contributed by atoms with Gasteiger partial charge in [-0.2, -0.15) is 0 Å². The fraction of sp³-hybridized carbons (Fsp3) is 0.529. The summed E-state index contributed by atoms with van der Waals surface area (Å²) < 4.78 is 13.3. The Labute approximate surface area is 140 Å². The third-order valence-corrected chi connectivity index (χ3v) is 5.06. The molecule has 124 valence electrons. The molecule has 6 heteroatoms. The maximum atomic E-state index is 13.3. The number of benzene rings is 1. The molecule has 2 heterocycles. The first kappa shape index (κ1) is 16.2. The molecular formula is C17H20ClFN2O2. The smallest absolute Gasteiger partial charge is 0.228 e. The predicted molar refractivity (Wildman–Crippen MR) is 86.9 cm³/mol. The first-order chi connectivity index (χ1) is 11.0. The van der Waals surface area contributed by atoms with Crippen LogP contribution in [0.2, 0.25) is 5.02 Å². The molecule has 0 radical (unpaired) electrons. The number of likely N-dealkylation sites (tertiary alicyclic amines) is 1. The summed E-state index contributed by atoms with van der Waals surface area (Å²) >= 11 is 5.79. The van der Waals surface area contributed by atoms with Crippen molar-refractivity contribution in [2.45, 2.75) is 38.6 Å². The van der Waals surface area contributed by atoms with Crippen molar-refractivity contribution < 1.29 is 14.0 Å². The zero-order valence-electron chi connectivity index (χ0n) is 13.1. The zero-order valence-corrected chi connectivity index (χ0v) is 13.9. The van der Waals surface area contributed by atoms with Crippen molar-refractivity contribution in [1.82, 2.24) is 4.90 Å². The summed E-state index contributed by atoms with van der Waals surface area (Å²) in [6.45, 7) is 3.17. The van der Waals surface area contributed by atoms with Gasteiger partial charge in [-0.05, 0) is 44.4 Å². The average Bonchev–Trinajstić information content (AvgIpc) is 2.92. The minimum atomic E-state index is -0.517. The number of rotatable bonds is 2. The summed E-state index contributed by atoms with van der Waals surface area (Å²) in [5.74, 6) is -0.902. The van der Waals surface area contributed by atoms with Crippen molar-refractivity contribution in [2.24, 2.45) is 5.92 Å². The topological polar surface area (TPSA) is 40.6 Å².